The van der Waals surface area contributed by atoms with Gasteiger partial charge in [-0.25, -0.2) is 5.10 Å². The van der Waals surface area contributed by atoms with E-state index in [2.05, 4.69) is 25.6 Å². The average Bonchev–Trinajstić information content (AvgIpc) is 2.73. The van der Waals surface area contributed by atoms with E-state index in [4.69, 9.17) is 5.73 Å². The molecule has 0 aliphatic heterocycles. The Hall–Kier alpha value is -2.05. The number of hydrogen-bond acceptors (Lipinski definition) is 5. The maximum Gasteiger partial charge on any atom is 0.248 e. The number of aryl methyl sites for hydroxylation is 2. The fourth-order valence-corrected chi connectivity index (χ4v) is 1.35. The summed E-state index contributed by atoms with van der Waals surface area (Å²) in [5.74, 6) is 0.745. The molecule has 2 aromatic heterocycles. The monoisotopic (exact) mass is 207 g/mol. The summed E-state index contributed by atoms with van der Waals surface area (Å²) in [7, 11) is 1.87. The maximum absolute atomic E-state index is 5.42. The minimum atomic E-state index is 0.291. The number of nitrogens with one attached hydrogen (secondary N) is 2. The summed E-state index contributed by atoms with van der Waals surface area (Å²) < 4.78 is 1.75. The highest BCUT2D eigenvalue weighted by atomic mass is 15.3. The van der Waals surface area contributed by atoms with Crippen molar-refractivity contribution in [1.29, 1.82) is 0 Å². The van der Waals surface area contributed by atoms with Gasteiger partial charge in [0, 0.05) is 13.2 Å². The van der Waals surface area contributed by atoms with Crippen LogP contribution in [0.2, 0.25) is 0 Å². The van der Waals surface area contributed by atoms with Gasteiger partial charge in [-0.1, -0.05) is 6.92 Å². The third kappa shape index (κ3) is 1.90. The molecule has 0 bridgehead atoms. The number of nitrogens with zero attached hydrogens (tertiary/aromatic N) is 4. The first-order valence-corrected chi connectivity index (χ1v) is 4.66. The number of aromatic amines is 1. The zero-order chi connectivity index (χ0) is 10.8. The third-order valence-corrected chi connectivity index (χ3v) is 1.99. The number of aromatic nitrogens is 5. The molecule has 0 unspecified atom stereocenters. The Kier molecular flexibility index (Phi) is 2.28. The molecular formula is C8H13N7. The lowest BCUT2D eigenvalue weighted by Gasteiger charge is -1.98. The summed E-state index contributed by atoms with van der Waals surface area (Å²) in [6.45, 7) is 2.04. The van der Waals surface area contributed by atoms with Gasteiger partial charge in [0.05, 0.1) is 11.4 Å². The fourth-order valence-electron chi connectivity index (χ4n) is 1.35. The third-order valence-electron chi connectivity index (χ3n) is 1.99. The van der Waals surface area contributed by atoms with Gasteiger partial charge >= 0.3 is 0 Å². The number of nitrogen functional groups attached to an aromatic ring is 1. The standard InChI is InChI=1S/C8H13N7/c1-3-5-6(4-15(2)14-5)10-8-11-7(9)12-13-8/h4H,3H2,1-2H3,(H4,9,10,11,12,13). The van der Waals surface area contributed by atoms with Gasteiger partial charge in [0.25, 0.3) is 0 Å². The van der Waals surface area contributed by atoms with Crippen LogP contribution in [-0.2, 0) is 13.5 Å². The van der Waals surface area contributed by atoms with E-state index in [-0.39, 0.29) is 0 Å². The van der Waals surface area contributed by atoms with E-state index in [9.17, 15) is 0 Å². The van der Waals surface area contributed by atoms with Crippen LogP contribution in [0, 0.1) is 0 Å². The summed E-state index contributed by atoms with van der Waals surface area (Å²) in [6, 6.07) is 0. The molecule has 7 heteroatoms. The van der Waals surface area contributed by atoms with Crippen molar-refractivity contribution < 1.29 is 0 Å². The van der Waals surface area contributed by atoms with Crippen molar-refractivity contribution >= 4 is 17.6 Å². The normalized spacial score (nSPS) is 10.5. The number of anilines is 3. The lowest BCUT2D eigenvalue weighted by Crippen LogP contribution is -1.95. The molecule has 2 aromatic rings. The van der Waals surface area contributed by atoms with E-state index in [0.29, 0.717) is 11.9 Å². The summed E-state index contributed by atoms with van der Waals surface area (Å²) in [4.78, 5) is 3.95. The van der Waals surface area contributed by atoms with Gasteiger partial charge in [0.15, 0.2) is 0 Å². The van der Waals surface area contributed by atoms with Crippen LogP contribution in [0.25, 0.3) is 0 Å². The van der Waals surface area contributed by atoms with Crippen LogP contribution in [0.15, 0.2) is 6.20 Å². The first kappa shape index (κ1) is 9.50. The molecular weight excluding hydrogens is 194 g/mol. The van der Waals surface area contributed by atoms with Crippen molar-refractivity contribution in [2.75, 3.05) is 11.1 Å². The molecule has 0 amide bonds. The van der Waals surface area contributed by atoms with Gasteiger partial charge in [-0.15, -0.1) is 5.10 Å². The van der Waals surface area contributed by atoms with Crippen LogP contribution in [0.5, 0.6) is 0 Å². The Morgan fingerprint density at radius 1 is 1.60 bits per heavy atom. The second kappa shape index (κ2) is 3.60. The van der Waals surface area contributed by atoms with Crippen molar-refractivity contribution in [3.63, 3.8) is 0 Å². The predicted octanol–water partition coefficient (Wildman–Crippen LogP) is 0.426. The Morgan fingerprint density at radius 3 is 3.00 bits per heavy atom. The van der Waals surface area contributed by atoms with Crippen LogP contribution >= 0.6 is 0 Å². The molecule has 0 radical (unpaired) electrons. The first-order valence-electron chi connectivity index (χ1n) is 4.66. The Bertz CT molecular complexity index is 455. The summed E-state index contributed by atoms with van der Waals surface area (Å²) >= 11 is 0. The molecule has 0 aromatic carbocycles. The van der Waals surface area contributed by atoms with Crippen LogP contribution in [0.3, 0.4) is 0 Å². The van der Waals surface area contributed by atoms with Gasteiger partial charge in [-0.3, -0.25) is 4.68 Å². The van der Waals surface area contributed by atoms with Crippen molar-refractivity contribution in [3.8, 4) is 0 Å². The average molecular weight is 207 g/mol. The topological polar surface area (TPSA) is 97.4 Å². The highest BCUT2D eigenvalue weighted by Crippen LogP contribution is 2.17. The molecule has 0 spiro atoms. The molecule has 0 saturated heterocycles. The van der Waals surface area contributed by atoms with E-state index in [1.165, 1.54) is 0 Å². The van der Waals surface area contributed by atoms with Crippen LogP contribution in [-0.4, -0.2) is 25.0 Å². The van der Waals surface area contributed by atoms with E-state index in [1.54, 1.807) is 4.68 Å². The molecule has 4 N–H and O–H groups in total. The largest absolute Gasteiger partial charge is 0.368 e. The Balaban J connectivity index is 2.23. The number of rotatable bonds is 3. The molecule has 0 fully saturated rings. The number of H-pyrrole nitrogens is 1. The van der Waals surface area contributed by atoms with Gasteiger partial charge in [0.1, 0.15) is 0 Å². The van der Waals surface area contributed by atoms with Gasteiger partial charge in [0.2, 0.25) is 11.9 Å². The molecule has 2 heterocycles. The molecule has 0 saturated carbocycles. The molecule has 2 rings (SSSR count). The molecule has 7 nitrogen and oxygen atoms in total. The molecule has 0 aliphatic carbocycles. The minimum Gasteiger partial charge on any atom is -0.368 e. The van der Waals surface area contributed by atoms with Crippen molar-refractivity contribution in [2.24, 2.45) is 7.05 Å². The summed E-state index contributed by atoms with van der Waals surface area (Å²) in [5.41, 5.74) is 7.29. The SMILES string of the molecule is CCc1nn(C)cc1Nc1n[nH]c(N)n1. The van der Waals surface area contributed by atoms with Crippen molar-refractivity contribution in [1.82, 2.24) is 25.0 Å². The zero-order valence-corrected chi connectivity index (χ0v) is 8.65. The zero-order valence-electron chi connectivity index (χ0n) is 8.65. The number of nitrogens with two attached hydrogens (primary N) is 1. The van der Waals surface area contributed by atoms with Crippen molar-refractivity contribution in [3.05, 3.63) is 11.9 Å². The van der Waals surface area contributed by atoms with Gasteiger partial charge < -0.3 is 11.1 Å². The molecule has 15 heavy (non-hydrogen) atoms. The van der Waals surface area contributed by atoms with Crippen LogP contribution in [0.1, 0.15) is 12.6 Å². The maximum atomic E-state index is 5.42. The smallest absolute Gasteiger partial charge is 0.248 e. The molecule has 0 aliphatic rings. The Morgan fingerprint density at radius 2 is 2.40 bits per heavy atom. The highest BCUT2D eigenvalue weighted by Gasteiger charge is 2.07. The second-order valence-corrected chi connectivity index (χ2v) is 3.19. The fraction of sp³-hybridized carbons (Fsp3) is 0.375. The predicted molar refractivity (Wildman–Crippen MR) is 56.7 cm³/mol. The lowest BCUT2D eigenvalue weighted by molar-refractivity contribution is 0.746. The molecule has 0 atom stereocenters. The lowest BCUT2D eigenvalue weighted by atomic mass is 10.3. The Labute approximate surface area is 86.7 Å². The highest BCUT2D eigenvalue weighted by molar-refractivity contribution is 5.55. The van der Waals surface area contributed by atoms with Gasteiger partial charge in [-0.2, -0.15) is 10.1 Å². The van der Waals surface area contributed by atoms with Crippen molar-refractivity contribution in [2.45, 2.75) is 13.3 Å². The van der Waals surface area contributed by atoms with Crippen LogP contribution in [0.4, 0.5) is 17.6 Å². The van der Waals surface area contributed by atoms with E-state index >= 15 is 0 Å². The first-order chi connectivity index (χ1) is 7.19. The second-order valence-electron chi connectivity index (χ2n) is 3.19. The van der Waals surface area contributed by atoms with E-state index in [1.807, 2.05) is 20.2 Å². The number of hydrogen-bond donors (Lipinski definition) is 3. The van der Waals surface area contributed by atoms with E-state index < -0.39 is 0 Å². The quantitative estimate of drug-likeness (QED) is 0.678. The van der Waals surface area contributed by atoms with Crippen LogP contribution < -0.4 is 11.1 Å². The minimum absolute atomic E-state index is 0.291. The summed E-state index contributed by atoms with van der Waals surface area (Å²) in [6.07, 6.45) is 2.73. The summed E-state index contributed by atoms with van der Waals surface area (Å²) in [5, 5.41) is 13.8. The molecule has 80 valence electrons. The van der Waals surface area contributed by atoms with Gasteiger partial charge in [-0.05, 0) is 6.42 Å². The van der Waals surface area contributed by atoms with E-state index in [0.717, 1.165) is 17.8 Å².